The highest BCUT2D eigenvalue weighted by Crippen LogP contribution is 2.42. The molecule has 0 spiro atoms. The molecular formula is C14H27N3O. The van der Waals surface area contributed by atoms with E-state index in [9.17, 15) is 0 Å². The number of nitrogens with zero attached hydrogens (tertiary/aromatic N) is 2. The highest BCUT2D eigenvalue weighted by atomic mass is 16.5. The molecule has 4 fully saturated rings. The van der Waals surface area contributed by atoms with Gasteiger partial charge < -0.3 is 15.4 Å². The molecule has 104 valence electrons. The van der Waals surface area contributed by atoms with Gasteiger partial charge in [0.2, 0.25) is 0 Å². The summed E-state index contributed by atoms with van der Waals surface area (Å²) >= 11 is 0. The van der Waals surface area contributed by atoms with Crippen LogP contribution in [-0.4, -0.2) is 66.8 Å². The van der Waals surface area contributed by atoms with Crippen molar-refractivity contribution in [3.8, 4) is 0 Å². The van der Waals surface area contributed by atoms with Crippen LogP contribution in [0.3, 0.4) is 0 Å². The van der Waals surface area contributed by atoms with Gasteiger partial charge in [-0.1, -0.05) is 6.92 Å². The second kappa shape index (κ2) is 4.75. The molecule has 0 aromatic rings. The summed E-state index contributed by atoms with van der Waals surface area (Å²) in [5, 5.41) is 0. The van der Waals surface area contributed by atoms with Crippen molar-refractivity contribution in [2.45, 2.75) is 43.7 Å². The van der Waals surface area contributed by atoms with E-state index in [0.29, 0.717) is 0 Å². The predicted molar refractivity (Wildman–Crippen MR) is 72.6 cm³/mol. The van der Waals surface area contributed by atoms with Gasteiger partial charge in [-0.05, 0) is 32.2 Å². The van der Waals surface area contributed by atoms with Crippen LogP contribution in [0.1, 0.15) is 32.6 Å². The number of piperazine rings is 1. The molecule has 1 saturated carbocycles. The maximum absolute atomic E-state index is 6.28. The summed E-state index contributed by atoms with van der Waals surface area (Å²) in [6, 6.07) is 0. The van der Waals surface area contributed by atoms with Crippen LogP contribution in [0.4, 0.5) is 0 Å². The lowest BCUT2D eigenvalue weighted by Crippen LogP contribution is -2.63. The van der Waals surface area contributed by atoms with E-state index in [2.05, 4.69) is 16.7 Å². The molecule has 0 atom stereocenters. The zero-order chi connectivity index (χ0) is 12.6. The van der Waals surface area contributed by atoms with Gasteiger partial charge in [0.1, 0.15) is 0 Å². The first-order chi connectivity index (χ1) is 8.63. The number of nitrogens with two attached hydrogens (primary N) is 1. The fourth-order valence-corrected chi connectivity index (χ4v) is 3.66. The molecule has 4 rings (SSSR count). The third-order valence-electron chi connectivity index (χ3n) is 5.25. The number of fused-ring (bicyclic) bond motifs is 3. The summed E-state index contributed by atoms with van der Waals surface area (Å²) in [7, 11) is 0. The van der Waals surface area contributed by atoms with Crippen molar-refractivity contribution in [3.05, 3.63) is 0 Å². The van der Waals surface area contributed by atoms with Gasteiger partial charge in [0.05, 0.1) is 12.2 Å². The lowest BCUT2D eigenvalue weighted by Gasteiger charge is -2.53. The predicted octanol–water partition coefficient (Wildman–Crippen LogP) is 0.664. The van der Waals surface area contributed by atoms with E-state index >= 15 is 0 Å². The van der Waals surface area contributed by atoms with Crippen LogP contribution in [0.5, 0.6) is 0 Å². The first-order valence-electron chi connectivity index (χ1n) is 7.51. The van der Waals surface area contributed by atoms with E-state index in [0.717, 1.165) is 38.8 Å². The Balaban J connectivity index is 1.54. The van der Waals surface area contributed by atoms with Gasteiger partial charge in [-0.2, -0.15) is 0 Å². The molecule has 3 heterocycles. The average molecular weight is 253 g/mol. The number of ether oxygens (including phenoxy) is 1. The van der Waals surface area contributed by atoms with E-state index < -0.39 is 0 Å². The van der Waals surface area contributed by atoms with E-state index in [1.165, 1.54) is 32.7 Å². The Bertz CT molecular complexity index is 275. The molecule has 3 saturated heterocycles. The highest BCUT2D eigenvalue weighted by molar-refractivity contribution is 5.03. The molecule has 4 heteroatoms. The fourth-order valence-electron chi connectivity index (χ4n) is 3.66. The lowest BCUT2D eigenvalue weighted by atomic mass is 9.71. The van der Waals surface area contributed by atoms with Gasteiger partial charge in [0, 0.05) is 38.3 Å². The summed E-state index contributed by atoms with van der Waals surface area (Å²) < 4.78 is 6.14. The molecule has 0 unspecified atom stereocenters. The molecular weight excluding hydrogens is 226 g/mol. The van der Waals surface area contributed by atoms with Crippen LogP contribution in [0.15, 0.2) is 0 Å². The highest BCUT2D eigenvalue weighted by Gasteiger charge is 2.48. The number of likely N-dealkylation sites (N-methyl/N-ethyl adjacent to an activating group) is 1. The summed E-state index contributed by atoms with van der Waals surface area (Å²) in [5.41, 5.74) is 6.42. The fraction of sp³-hybridized carbons (Fsp3) is 1.00. The minimum Gasteiger partial charge on any atom is -0.372 e. The van der Waals surface area contributed by atoms with Crippen molar-refractivity contribution in [2.24, 2.45) is 5.73 Å². The molecule has 3 aliphatic heterocycles. The summed E-state index contributed by atoms with van der Waals surface area (Å²) in [5.74, 6) is 0. The molecule has 0 aromatic heterocycles. The van der Waals surface area contributed by atoms with Crippen LogP contribution in [0.25, 0.3) is 0 Å². The van der Waals surface area contributed by atoms with Gasteiger partial charge in [-0.15, -0.1) is 0 Å². The summed E-state index contributed by atoms with van der Waals surface area (Å²) in [4.78, 5) is 5.13. The zero-order valence-electron chi connectivity index (χ0n) is 11.7. The minimum absolute atomic E-state index is 0.00264. The second-order valence-corrected chi connectivity index (χ2v) is 6.54. The quantitative estimate of drug-likeness (QED) is 0.802. The smallest absolute Gasteiger partial charge is 0.0811 e. The standard InChI is InChI=1S/C14H27N3O/c1-2-16-7-9-17(10-8-16)11-14-5-3-13(15,4-6-14)12-18-14/h2-12,15H2,1H3. The van der Waals surface area contributed by atoms with Crippen molar-refractivity contribution in [3.63, 3.8) is 0 Å². The van der Waals surface area contributed by atoms with Crippen molar-refractivity contribution >= 4 is 0 Å². The van der Waals surface area contributed by atoms with Crippen molar-refractivity contribution in [2.75, 3.05) is 45.9 Å². The van der Waals surface area contributed by atoms with E-state index in [1.54, 1.807) is 0 Å². The second-order valence-electron chi connectivity index (χ2n) is 6.54. The van der Waals surface area contributed by atoms with Gasteiger partial charge in [-0.25, -0.2) is 0 Å². The Labute approximate surface area is 110 Å². The lowest BCUT2D eigenvalue weighted by molar-refractivity contribution is -0.164. The van der Waals surface area contributed by atoms with E-state index in [-0.39, 0.29) is 11.1 Å². The monoisotopic (exact) mass is 253 g/mol. The van der Waals surface area contributed by atoms with Crippen LogP contribution < -0.4 is 5.73 Å². The first kappa shape index (κ1) is 12.9. The molecule has 1 aliphatic carbocycles. The average Bonchev–Trinajstić information content (AvgIpc) is 2.42. The Morgan fingerprint density at radius 2 is 1.61 bits per heavy atom. The molecule has 0 radical (unpaired) electrons. The third kappa shape index (κ3) is 2.44. The Hall–Kier alpha value is -0.160. The number of rotatable bonds is 3. The van der Waals surface area contributed by atoms with Gasteiger partial charge in [-0.3, -0.25) is 4.90 Å². The Kier molecular flexibility index (Phi) is 3.39. The van der Waals surface area contributed by atoms with Crippen LogP contribution in [0, 0.1) is 0 Å². The van der Waals surface area contributed by atoms with Crippen LogP contribution >= 0.6 is 0 Å². The van der Waals surface area contributed by atoms with Gasteiger partial charge >= 0.3 is 0 Å². The summed E-state index contributed by atoms with van der Waals surface area (Å²) in [6.07, 6.45) is 4.64. The minimum atomic E-state index is 0.00264. The van der Waals surface area contributed by atoms with Crippen molar-refractivity contribution in [1.82, 2.24) is 9.80 Å². The zero-order valence-corrected chi connectivity index (χ0v) is 11.7. The first-order valence-corrected chi connectivity index (χ1v) is 7.51. The van der Waals surface area contributed by atoms with E-state index in [4.69, 9.17) is 10.5 Å². The number of hydrogen-bond donors (Lipinski definition) is 1. The molecule has 0 amide bonds. The Morgan fingerprint density at radius 3 is 2.11 bits per heavy atom. The maximum atomic E-state index is 6.28. The number of hydrogen-bond acceptors (Lipinski definition) is 4. The normalized spacial score (nSPS) is 42.3. The Morgan fingerprint density at radius 1 is 1.00 bits per heavy atom. The van der Waals surface area contributed by atoms with Crippen LogP contribution in [0.2, 0.25) is 0 Å². The molecule has 4 aliphatic rings. The summed E-state index contributed by atoms with van der Waals surface area (Å²) in [6.45, 7) is 10.2. The molecule has 2 N–H and O–H groups in total. The van der Waals surface area contributed by atoms with Crippen LogP contribution in [-0.2, 0) is 4.74 Å². The molecule has 2 bridgehead atoms. The van der Waals surface area contributed by atoms with Gasteiger partial charge in [0.25, 0.3) is 0 Å². The van der Waals surface area contributed by atoms with Crippen molar-refractivity contribution < 1.29 is 4.74 Å². The largest absolute Gasteiger partial charge is 0.372 e. The van der Waals surface area contributed by atoms with Gasteiger partial charge in [0.15, 0.2) is 0 Å². The maximum Gasteiger partial charge on any atom is 0.0811 e. The SMILES string of the molecule is CCN1CCN(CC23CCC(N)(CC2)CO3)CC1. The van der Waals surface area contributed by atoms with E-state index in [1.807, 2.05) is 0 Å². The van der Waals surface area contributed by atoms with Crippen molar-refractivity contribution in [1.29, 1.82) is 0 Å². The molecule has 18 heavy (non-hydrogen) atoms. The topological polar surface area (TPSA) is 41.7 Å². The third-order valence-corrected chi connectivity index (χ3v) is 5.25. The molecule has 4 nitrogen and oxygen atoms in total. The molecule has 0 aromatic carbocycles.